The summed E-state index contributed by atoms with van der Waals surface area (Å²) in [6.45, 7) is 16.0. The number of nitrogens with two attached hydrogens (primary N) is 1. The van der Waals surface area contributed by atoms with E-state index < -0.39 is 18.3 Å². The summed E-state index contributed by atoms with van der Waals surface area (Å²) in [6, 6.07) is -0.316. The van der Waals surface area contributed by atoms with Crippen molar-refractivity contribution in [3.8, 4) is 0 Å². The summed E-state index contributed by atoms with van der Waals surface area (Å²) < 4.78 is 5.95. The first-order chi connectivity index (χ1) is 17.6. The van der Waals surface area contributed by atoms with Crippen LogP contribution in [-0.4, -0.2) is 46.3 Å². The lowest BCUT2D eigenvalue weighted by molar-refractivity contribution is -0.236. The highest BCUT2D eigenvalue weighted by atomic mass is 16.5. The van der Waals surface area contributed by atoms with Crippen molar-refractivity contribution in [2.24, 2.45) is 45.7 Å². The van der Waals surface area contributed by atoms with E-state index in [0.29, 0.717) is 24.8 Å². The van der Waals surface area contributed by atoms with Crippen molar-refractivity contribution in [2.45, 2.75) is 112 Å². The molecule has 4 aliphatic carbocycles. The Bertz CT molecular complexity index is 1070. The van der Waals surface area contributed by atoms with Gasteiger partial charge in [-0.1, -0.05) is 51.5 Å². The number of Topliss-reactive ketones (excluding diaryl/α,β-unsaturated/α-hetero) is 1. The number of allylic oxidation sites excluding steroid dienone is 5. The lowest BCUT2D eigenvalue weighted by atomic mass is 9.36. The molecule has 0 unspecified atom stereocenters. The van der Waals surface area contributed by atoms with E-state index in [-0.39, 0.29) is 57.7 Å². The van der Waals surface area contributed by atoms with E-state index in [1.807, 2.05) is 32.1 Å². The standard InChI is InChI=1S/C32H49NO5/c1-17(2)10-9-11-21(19(4)34)27-23-14-25(36)29-30(6)15-24(33)28(37)18(3)22(30)12-13-31(29,7)32(23,8)16-26(27)38-20(5)35/h9-11,18,22-26,28-29,36-37H,12-16,33H2,1-8H3/b11-9+,27-21-/t18-,22-,23-,24+,25+,26-,28-,29-,30-,31-,32-/m0/s1. The third kappa shape index (κ3) is 4.35. The van der Waals surface area contributed by atoms with Crippen molar-refractivity contribution >= 4 is 11.8 Å². The van der Waals surface area contributed by atoms with Gasteiger partial charge in [0.15, 0.2) is 5.78 Å². The first-order valence-corrected chi connectivity index (χ1v) is 14.4. The molecular formula is C32H49NO5. The summed E-state index contributed by atoms with van der Waals surface area (Å²) in [7, 11) is 0. The second-order valence-electron chi connectivity index (χ2n) is 13.9. The highest BCUT2D eigenvalue weighted by Gasteiger charge is 2.71. The van der Waals surface area contributed by atoms with Crippen LogP contribution in [0, 0.1) is 39.9 Å². The summed E-state index contributed by atoms with van der Waals surface area (Å²) in [5.74, 6) is -0.147. The van der Waals surface area contributed by atoms with Crippen LogP contribution in [0.5, 0.6) is 0 Å². The fourth-order valence-electron chi connectivity index (χ4n) is 9.82. The zero-order chi connectivity index (χ0) is 28.4. The van der Waals surface area contributed by atoms with E-state index in [2.05, 4.69) is 27.7 Å². The van der Waals surface area contributed by atoms with Gasteiger partial charge < -0.3 is 20.7 Å². The molecule has 212 valence electrons. The molecule has 0 spiro atoms. The zero-order valence-corrected chi connectivity index (χ0v) is 24.6. The minimum atomic E-state index is -0.582. The maximum atomic E-state index is 13.0. The Kier molecular flexibility index (Phi) is 7.70. The molecular weight excluding hydrogens is 478 g/mol. The van der Waals surface area contributed by atoms with E-state index in [4.69, 9.17) is 10.5 Å². The SMILES string of the molecule is CC(=O)O[C@H]1C[C@@]2(C)[C@@H](C[C@@H](O)[C@H]3[C@@]4(C)C[C@@H](N)[C@@H](O)[C@@H](C)[C@@H]4CC[C@@]32C)/C1=C(\C=C\C=C(C)C)C(C)=O. The molecule has 6 nitrogen and oxygen atoms in total. The van der Waals surface area contributed by atoms with Gasteiger partial charge in [-0.3, -0.25) is 9.59 Å². The van der Waals surface area contributed by atoms with Gasteiger partial charge in [-0.05, 0) is 98.4 Å². The first kappa shape index (κ1) is 29.2. The van der Waals surface area contributed by atoms with Crippen LogP contribution in [-0.2, 0) is 14.3 Å². The largest absolute Gasteiger partial charge is 0.458 e. The highest BCUT2D eigenvalue weighted by molar-refractivity contribution is 5.97. The molecule has 0 bridgehead atoms. The number of aliphatic hydroxyl groups excluding tert-OH is 2. The Balaban J connectivity index is 1.87. The fraction of sp³-hybridized carbons (Fsp3) is 0.750. The quantitative estimate of drug-likeness (QED) is 0.273. The molecule has 11 atom stereocenters. The van der Waals surface area contributed by atoms with Crippen molar-refractivity contribution in [1.29, 1.82) is 0 Å². The van der Waals surface area contributed by atoms with E-state index in [1.54, 1.807) is 6.92 Å². The summed E-state index contributed by atoms with van der Waals surface area (Å²) >= 11 is 0. The maximum absolute atomic E-state index is 13.0. The minimum Gasteiger partial charge on any atom is -0.458 e. The number of esters is 1. The van der Waals surface area contributed by atoms with Gasteiger partial charge in [0.1, 0.15) is 6.10 Å². The number of ether oxygens (including phenoxy) is 1. The molecule has 0 radical (unpaired) electrons. The van der Waals surface area contributed by atoms with Gasteiger partial charge in [-0.15, -0.1) is 0 Å². The van der Waals surface area contributed by atoms with E-state index in [1.165, 1.54) is 6.92 Å². The molecule has 0 aromatic heterocycles. The Morgan fingerprint density at radius 2 is 1.71 bits per heavy atom. The second kappa shape index (κ2) is 10.0. The van der Waals surface area contributed by atoms with Crippen LogP contribution in [0.4, 0.5) is 0 Å². The van der Waals surface area contributed by atoms with E-state index >= 15 is 0 Å². The molecule has 0 aliphatic heterocycles. The molecule has 0 aromatic rings. The molecule has 0 aromatic carbocycles. The molecule has 38 heavy (non-hydrogen) atoms. The topological polar surface area (TPSA) is 110 Å². The maximum Gasteiger partial charge on any atom is 0.303 e. The summed E-state index contributed by atoms with van der Waals surface area (Å²) in [4.78, 5) is 25.3. The van der Waals surface area contributed by atoms with Crippen LogP contribution in [0.3, 0.4) is 0 Å². The van der Waals surface area contributed by atoms with Crippen LogP contribution < -0.4 is 5.73 Å². The van der Waals surface area contributed by atoms with Gasteiger partial charge in [-0.2, -0.15) is 0 Å². The number of hydrogen-bond donors (Lipinski definition) is 3. The lowest BCUT2D eigenvalue weighted by Crippen LogP contribution is -2.68. The molecule has 6 heteroatoms. The summed E-state index contributed by atoms with van der Waals surface area (Å²) in [5.41, 5.74) is 8.33. The van der Waals surface area contributed by atoms with Crippen LogP contribution in [0.25, 0.3) is 0 Å². The van der Waals surface area contributed by atoms with Crippen molar-refractivity contribution in [1.82, 2.24) is 0 Å². The fourth-order valence-corrected chi connectivity index (χ4v) is 9.82. The summed E-state index contributed by atoms with van der Waals surface area (Å²) in [5, 5.41) is 22.8. The number of carbonyl (C=O) groups is 2. The monoisotopic (exact) mass is 527 g/mol. The highest BCUT2D eigenvalue weighted by Crippen LogP contribution is 2.74. The third-order valence-corrected chi connectivity index (χ3v) is 11.5. The molecule has 0 heterocycles. The van der Waals surface area contributed by atoms with Crippen molar-refractivity contribution in [2.75, 3.05) is 0 Å². The lowest BCUT2D eigenvalue weighted by Gasteiger charge is -2.69. The second-order valence-corrected chi connectivity index (χ2v) is 13.9. The predicted octanol–water partition coefficient (Wildman–Crippen LogP) is 4.88. The van der Waals surface area contributed by atoms with Gasteiger partial charge in [0.05, 0.1) is 12.2 Å². The van der Waals surface area contributed by atoms with Gasteiger partial charge in [0.25, 0.3) is 0 Å². The number of hydrogen-bond acceptors (Lipinski definition) is 6. The Morgan fingerprint density at radius 3 is 2.29 bits per heavy atom. The van der Waals surface area contributed by atoms with Gasteiger partial charge >= 0.3 is 5.97 Å². The normalized spacial score (nSPS) is 47.6. The van der Waals surface area contributed by atoms with Crippen LogP contribution in [0.1, 0.15) is 87.5 Å². The van der Waals surface area contributed by atoms with Crippen LogP contribution in [0.15, 0.2) is 34.9 Å². The number of fused-ring (bicyclic) bond motifs is 5. The van der Waals surface area contributed by atoms with Crippen molar-refractivity contribution in [3.63, 3.8) is 0 Å². The minimum absolute atomic E-state index is 0.00433. The average Bonchev–Trinajstić information content (AvgIpc) is 3.06. The Labute approximate surface area is 228 Å². The molecule has 4 N–H and O–H groups in total. The number of ketones is 1. The molecule has 4 fully saturated rings. The first-order valence-electron chi connectivity index (χ1n) is 14.4. The molecule has 4 rings (SSSR count). The van der Waals surface area contributed by atoms with E-state index in [9.17, 15) is 19.8 Å². The smallest absolute Gasteiger partial charge is 0.303 e. The van der Waals surface area contributed by atoms with Crippen molar-refractivity contribution < 1.29 is 24.5 Å². The van der Waals surface area contributed by atoms with Gasteiger partial charge in [0, 0.05) is 18.5 Å². The number of rotatable bonds is 4. The van der Waals surface area contributed by atoms with Crippen molar-refractivity contribution in [3.05, 3.63) is 34.9 Å². The van der Waals surface area contributed by atoms with Gasteiger partial charge in [-0.25, -0.2) is 0 Å². The Hall–Kier alpha value is -1.76. The predicted molar refractivity (Wildman–Crippen MR) is 149 cm³/mol. The van der Waals surface area contributed by atoms with Gasteiger partial charge in [0.2, 0.25) is 0 Å². The van der Waals surface area contributed by atoms with E-state index in [0.717, 1.165) is 24.0 Å². The third-order valence-electron chi connectivity index (χ3n) is 11.5. The molecule has 4 aliphatic rings. The average molecular weight is 528 g/mol. The molecule has 0 saturated heterocycles. The number of aliphatic hydroxyl groups is 2. The summed E-state index contributed by atoms with van der Waals surface area (Å²) in [6.07, 6.45) is 7.81. The number of carbonyl (C=O) groups excluding carboxylic acids is 2. The van der Waals surface area contributed by atoms with Crippen LogP contribution in [0.2, 0.25) is 0 Å². The van der Waals surface area contributed by atoms with Crippen LogP contribution >= 0.6 is 0 Å². The molecule has 0 amide bonds. The zero-order valence-electron chi connectivity index (χ0n) is 24.6. The molecule has 4 saturated carbocycles. The Morgan fingerprint density at radius 1 is 1.05 bits per heavy atom.